The van der Waals surface area contributed by atoms with E-state index in [-0.39, 0.29) is 108 Å². The van der Waals surface area contributed by atoms with Gasteiger partial charge in [-0.15, -0.1) is 37.3 Å². The number of nitriles is 1. The Morgan fingerprint density at radius 3 is 1.89 bits per heavy atom. The largest absolute Gasteiger partial charge is 0.494 e. The molecule has 0 spiro atoms. The number of thioether (sulfide) groups is 1. The van der Waals surface area contributed by atoms with E-state index in [1.165, 1.54) is 38.3 Å². The van der Waals surface area contributed by atoms with E-state index in [1.54, 1.807) is 6.92 Å². The molecule has 0 aliphatic rings. The maximum absolute atomic E-state index is 12.6. The number of azo groups is 3. The van der Waals surface area contributed by atoms with E-state index >= 15 is 0 Å². The van der Waals surface area contributed by atoms with Crippen LogP contribution in [0.2, 0.25) is 5.02 Å². The minimum atomic E-state index is -5.33. The summed E-state index contributed by atoms with van der Waals surface area (Å²) < 4.78 is 216. The van der Waals surface area contributed by atoms with Crippen LogP contribution in [0.1, 0.15) is 29.5 Å². The molecule has 8 aromatic rings. The lowest BCUT2D eigenvalue weighted by Gasteiger charge is -2.12. The Morgan fingerprint density at radius 1 is 0.667 bits per heavy atom. The van der Waals surface area contributed by atoms with Gasteiger partial charge in [0, 0.05) is 33.4 Å². The summed E-state index contributed by atoms with van der Waals surface area (Å²) in [6, 6.07) is 11.1. The second-order valence-corrected chi connectivity index (χ2v) is 28.7. The van der Waals surface area contributed by atoms with Crippen LogP contribution in [0.15, 0.2) is 110 Å². The van der Waals surface area contributed by atoms with Crippen molar-refractivity contribution in [3.63, 3.8) is 0 Å². The molecule has 0 atom stereocenters. The Morgan fingerprint density at radius 2 is 1.27 bits per heavy atom. The van der Waals surface area contributed by atoms with Gasteiger partial charge in [0.25, 0.3) is 60.7 Å². The van der Waals surface area contributed by atoms with E-state index in [0.717, 1.165) is 34.4 Å². The molecular formula is C44H37ClN10O21S8. The van der Waals surface area contributed by atoms with Gasteiger partial charge in [0.2, 0.25) is 11.0 Å². The minimum absolute atomic E-state index is 0.0147. The van der Waals surface area contributed by atoms with Crippen molar-refractivity contribution in [1.29, 1.82) is 5.26 Å². The first kappa shape index (κ1) is 63.0. The predicted molar refractivity (Wildman–Crippen MR) is 300 cm³/mol. The van der Waals surface area contributed by atoms with Crippen molar-refractivity contribution in [2.75, 3.05) is 31.0 Å². The van der Waals surface area contributed by atoms with Crippen LogP contribution in [0.5, 0.6) is 17.4 Å². The molecule has 444 valence electrons. The third-order valence-electron chi connectivity index (χ3n) is 11.7. The molecule has 0 saturated carbocycles. The molecular weight excluding hydrogens is 1300 g/mol. The molecule has 0 bridgehead atoms. The molecule has 84 heavy (non-hydrogen) atoms. The number of ether oxygens (including phenoxy) is 2. The summed E-state index contributed by atoms with van der Waals surface area (Å²) in [5.41, 5.74) is -0.993. The summed E-state index contributed by atoms with van der Waals surface area (Å²) in [5.74, 6) is -2.25. The number of benzene rings is 5. The van der Waals surface area contributed by atoms with Crippen molar-refractivity contribution in [2.24, 2.45) is 30.7 Å². The summed E-state index contributed by atoms with van der Waals surface area (Å²) in [6.07, 6.45) is -0.346. The molecule has 40 heteroatoms. The van der Waals surface area contributed by atoms with Gasteiger partial charge < -0.3 is 14.6 Å². The predicted octanol–water partition coefficient (Wildman–Crippen LogP) is 9.37. The monoisotopic (exact) mass is 1330 g/mol. The number of aromatic nitrogens is 3. The summed E-state index contributed by atoms with van der Waals surface area (Å²) in [4.78, 5) is 4.74. The fraction of sp³-hybridized carbons (Fsp3) is 0.205. The number of halogens is 1. The molecule has 31 nitrogen and oxygen atoms in total. The first-order valence-electron chi connectivity index (χ1n) is 22.8. The summed E-state index contributed by atoms with van der Waals surface area (Å²) in [5, 5.41) is 45.6. The number of aromatic hydroxyl groups is 1. The van der Waals surface area contributed by atoms with Crippen LogP contribution >= 0.6 is 34.7 Å². The third kappa shape index (κ3) is 13.9. The molecule has 3 heterocycles. The average Bonchev–Trinajstić information content (AvgIpc) is 1.59. The van der Waals surface area contributed by atoms with Gasteiger partial charge in [-0.25, -0.2) is 9.97 Å². The van der Waals surface area contributed by atoms with Crippen molar-refractivity contribution in [3.05, 3.63) is 76.3 Å². The van der Waals surface area contributed by atoms with Gasteiger partial charge >= 0.3 is 0 Å². The topological polar surface area (TPSA) is 493 Å². The van der Waals surface area contributed by atoms with Crippen molar-refractivity contribution < 1.29 is 92.4 Å². The van der Waals surface area contributed by atoms with Crippen LogP contribution in [0, 0.1) is 25.2 Å². The van der Waals surface area contributed by atoms with E-state index in [0.29, 0.717) is 29.0 Å². The first-order valence-corrected chi connectivity index (χ1v) is 34.0. The Balaban J connectivity index is 1.22. The zero-order valence-electron chi connectivity index (χ0n) is 42.4. The molecule has 0 saturated heterocycles. The lowest BCUT2D eigenvalue weighted by molar-refractivity contribution is 0.317. The number of hydrogen-bond donors (Lipinski definition) is 7. The second-order valence-electron chi connectivity index (χ2n) is 17.5. The minimum Gasteiger partial charge on any atom is -0.494 e. The molecule has 3 aromatic heterocycles. The maximum Gasteiger partial charge on any atom is 0.296 e. The standard InChI is InChI=1S/C44H37ClN10O21S8/c1-20-10-29(50-53-39-21(2)25(19-46)42-47-28-14-26(45)37(83(69,70)71)18-32(28)55(42)43(39)56)34(76-6-4-8-79(57,58)59)15-27(20)49-52-31-16-33(75-3)30(17-35(31)77-7-5-9-80(60,61)62)51-54-44-48-40-38(84(72,73)74)13-23-24(41(40)78-44)11-22(81(63,64)65)12-36(23)82(66,67)68/h10-18,56H,4-9H2,1-3H3,(H,57,58,59)(H,60,61,62)(H,63,64,65)(H,66,67,68)(H,69,70,71)(H,72,73,74). The summed E-state index contributed by atoms with van der Waals surface area (Å²) >= 11 is 7.60. The lowest BCUT2D eigenvalue weighted by atomic mass is 10.1. The third-order valence-corrected chi connectivity index (χ3v) is 19.3. The van der Waals surface area contributed by atoms with Gasteiger partial charge in [-0.2, -0.15) is 60.9 Å². The summed E-state index contributed by atoms with van der Waals surface area (Å²) in [6.45, 7) is 2.60. The molecule has 7 N–H and O–H groups in total. The van der Waals surface area contributed by atoms with E-state index in [2.05, 4.69) is 40.7 Å². The van der Waals surface area contributed by atoms with Crippen LogP contribution in [0.3, 0.4) is 0 Å². The van der Waals surface area contributed by atoms with Gasteiger partial charge in [-0.05, 0) is 80.5 Å². The van der Waals surface area contributed by atoms with Gasteiger partial charge in [0.05, 0.1) is 56.6 Å². The van der Waals surface area contributed by atoms with E-state index in [4.69, 9.17) is 21.1 Å². The Labute approximate surface area is 487 Å². The molecule has 0 fully saturated rings. The van der Waals surface area contributed by atoms with Crippen molar-refractivity contribution >= 4 is 167 Å². The second kappa shape index (κ2) is 23.5. The summed E-state index contributed by atoms with van der Waals surface area (Å²) in [7, 11) is -28.3. The number of aryl methyl sites for hydroxylation is 1. The first-order chi connectivity index (χ1) is 39.0. The average molecular weight is 1330 g/mol. The Bertz CT molecular complexity index is 4970. The van der Waals surface area contributed by atoms with Gasteiger partial charge in [-0.1, -0.05) is 22.9 Å². The van der Waals surface area contributed by atoms with Crippen LogP contribution in [-0.4, -0.2) is 128 Å². The van der Waals surface area contributed by atoms with Gasteiger partial charge in [0.1, 0.15) is 60.4 Å². The number of pyridine rings is 1. The van der Waals surface area contributed by atoms with Crippen molar-refractivity contribution in [3.8, 4) is 23.4 Å². The van der Waals surface area contributed by atoms with Crippen LogP contribution in [0.4, 0.5) is 33.6 Å². The van der Waals surface area contributed by atoms with Gasteiger partial charge in [-0.3, -0.25) is 31.7 Å². The lowest BCUT2D eigenvalue weighted by Crippen LogP contribution is -2.08. The SMILES string of the molecule is COc1cc(N=Nc2cc(OCCCS(=O)(=O)O)c(N=Nc3c(C)c(C#N)c4nc5cc(Cl)c(S(=O)(=O)O)cc5n4c3O)cc2C)c(SCCCS(=O)(=O)O)cc1N=Nc1nc2c(S(=O)(=O)O)cc3c(S(=O)(=O)O)cc(S(=O)(=O)O)cc3c2s1. The molecule has 5 aromatic carbocycles. The molecule has 0 amide bonds. The van der Waals surface area contributed by atoms with E-state index < -0.39 is 119 Å². The molecule has 0 aliphatic heterocycles. The molecule has 8 rings (SSSR count). The number of imidazole rings is 1. The van der Waals surface area contributed by atoms with E-state index in [1.807, 2.05) is 6.07 Å². The number of hydrogen-bond acceptors (Lipinski definition) is 26. The van der Waals surface area contributed by atoms with Crippen LogP contribution in [0.25, 0.3) is 37.7 Å². The zero-order valence-corrected chi connectivity index (χ0v) is 49.7. The maximum atomic E-state index is 12.6. The van der Waals surface area contributed by atoms with E-state index in [9.17, 15) is 88.2 Å². The van der Waals surface area contributed by atoms with Crippen LogP contribution < -0.4 is 9.47 Å². The number of nitrogens with zero attached hydrogens (tertiary/aromatic N) is 10. The molecule has 0 aliphatic carbocycles. The molecule has 0 unspecified atom stereocenters. The quantitative estimate of drug-likeness (QED) is 0.0152. The smallest absolute Gasteiger partial charge is 0.296 e. The van der Waals surface area contributed by atoms with Crippen molar-refractivity contribution in [1.82, 2.24) is 14.4 Å². The highest BCUT2D eigenvalue weighted by atomic mass is 35.5. The zero-order chi connectivity index (χ0) is 61.8. The Kier molecular flexibility index (Phi) is 17.6. The number of fused-ring (bicyclic) bond motifs is 6. The number of methoxy groups -OCH3 is 1. The fourth-order valence-corrected chi connectivity index (χ4v) is 14.1. The normalized spacial score (nSPS) is 13.2. The fourth-order valence-electron chi connectivity index (χ4n) is 7.96. The van der Waals surface area contributed by atoms with Crippen LogP contribution in [-0.2, 0) is 60.7 Å². The van der Waals surface area contributed by atoms with Crippen molar-refractivity contribution in [2.45, 2.75) is 51.2 Å². The van der Waals surface area contributed by atoms with Gasteiger partial charge in [0.15, 0.2) is 11.3 Å². The highest BCUT2D eigenvalue weighted by Crippen LogP contribution is 2.46. The number of rotatable bonds is 21. The highest BCUT2D eigenvalue weighted by molar-refractivity contribution is 7.99. The Hall–Kier alpha value is -7.01. The highest BCUT2D eigenvalue weighted by Gasteiger charge is 2.29. The molecule has 0 radical (unpaired) electrons. The number of thiazole rings is 1.